The topological polar surface area (TPSA) is 46.6 Å². The molecular formula is C17H18FNO3S. The van der Waals surface area contributed by atoms with E-state index < -0.39 is 15.7 Å². The van der Waals surface area contributed by atoms with E-state index in [1.54, 1.807) is 18.2 Å². The Labute approximate surface area is 135 Å². The number of benzene rings is 2. The molecule has 0 atom stereocenters. The van der Waals surface area contributed by atoms with E-state index >= 15 is 0 Å². The lowest BCUT2D eigenvalue weighted by Gasteiger charge is -2.23. The van der Waals surface area contributed by atoms with Gasteiger partial charge in [-0.15, -0.1) is 0 Å². The van der Waals surface area contributed by atoms with Gasteiger partial charge in [0.05, 0.1) is 22.6 Å². The Morgan fingerprint density at radius 3 is 2.43 bits per heavy atom. The summed E-state index contributed by atoms with van der Waals surface area (Å²) in [7, 11) is -2.30. The number of sulfone groups is 1. The van der Waals surface area contributed by atoms with Crippen molar-refractivity contribution in [2.75, 3.05) is 25.1 Å². The molecule has 2 aromatic rings. The molecule has 1 heterocycles. The molecule has 122 valence electrons. The Bertz CT molecular complexity index is 814. The zero-order valence-electron chi connectivity index (χ0n) is 12.8. The maximum Gasteiger partial charge on any atom is 0.208 e. The van der Waals surface area contributed by atoms with Gasteiger partial charge in [0, 0.05) is 13.1 Å². The lowest BCUT2D eigenvalue weighted by atomic mass is 10.2. The monoisotopic (exact) mass is 335 g/mol. The average molecular weight is 335 g/mol. The predicted octanol–water partition coefficient (Wildman–Crippen LogP) is 3.27. The lowest BCUT2D eigenvalue weighted by molar-refractivity contribution is 0.413. The highest BCUT2D eigenvalue weighted by Gasteiger charge is 2.28. The molecule has 0 aromatic heterocycles. The number of para-hydroxylation sites is 1. The fourth-order valence-electron chi connectivity index (χ4n) is 2.90. The Morgan fingerprint density at radius 2 is 1.78 bits per heavy atom. The van der Waals surface area contributed by atoms with Crippen molar-refractivity contribution >= 4 is 15.5 Å². The number of rotatable bonds is 4. The Hall–Kier alpha value is -2.08. The van der Waals surface area contributed by atoms with Crippen LogP contribution in [0.4, 0.5) is 10.1 Å². The fourth-order valence-corrected chi connectivity index (χ4v) is 4.42. The highest BCUT2D eigenvalue weighted by molar-refractivity contribution is 7.91. The quantitative estimate of drug-likeness (QED) is 0.860. The first kappa shape index (κ1) is 15.8. The molecule has 3 rings (SSSR count). The molecule has 0 N–H and O–H groups in total. The molecular weight excluding hydrogens is 317 g/mol. The van der Waals surface area contributed by atoms with Gasteiger partial charge in [0.25, 0.3) is 0 Å². The highest BCUT2D eigenvalue weighted by atomic mass is 32.2. The molecule has 0 aliphatic carbocycles. The third-order valence-corrected chi connectivity index (χ3v) is 5.78. The van der Waals surface area contributed by atoms with E-state index in [9.17, 15) is 12.8 Å². The van der Waals surface area contributed by atoms with Crippen LogP contribution in [0.5, 0.6) is 5.75 Å². The van der Waals surface area contributed by atoms with Crippen molar-refractivity contribution in [2.45, 2.75) is 22.6 Å². The van der Waals surface area contributed by atoms with Crippen LogP contribution in [-0.2, 0) is 9.84 Å². The average Bonchev–Trinajstić information content (AvgIpc) is 3.08. The summed E-state index contributed by atoms with van der Waals surface area (Å²) in [5, 5.41) is 0. The number of halogens is 1. The lowest BCUT2D eigenvalue weighted by Crippen LogP contribution is -2.21. The second-order valence-corrected chi connectivity index (χ2v) is 7.38. The Morgan fingerprint density at radius 1 is 1.09 bits per heavy atom. The summed E-state index contributed by atoms with van der Waals surface area (Å²) in [6.45, 7) is 1.57. The second kappa shape index (κ2) is 6.20. The maximum absolute atomic E-state index is 13.5. The van der Waals surface area contributed by atoms with Crippen LogP contribution >= 0.6 is 0 Å². The van der Waals surface area contributed by atoms with Crippen LogP contribution in [0.1, 0.15) is 12.8 Å². The zero-order valence-corrected chi connectivity index (χ0v) is 13.6. The number of nitrogens with zero attached hydrogens (tertiary/aromatic N) is 1. The number of ether oxygens (including phenoxy) is 1. The summed E-state index contributed by atoms with van der Waals surface area (Å²) in [4.78, 5) is 2.13. The second-order valence-electron chi connectivity index (χ2n) is 5.46. The van der Waals surface area contributed by atoms with Crippen LogP contribution in [0.15, 0.2) is 52.3 Å². The van der Waals surface area contributed by atoms with E-state index in [0.717, 1.165) is 32.0 Å². The van der Waals surface area contributed by atoms with Crippen molar-refractivity contribution in [1.82, 2.24) is 0 Å². The van der Waals surface area contributed by atoms with Gasteiger partial charge < -0.3 is 9.64 Å². The smallest absolute Gasteiger partial charge is 0.208 e. The summed E-state index contributed by atoms with van der Waals surface area (Å²) in [5.41, 5.74) is 0.566. The van der Waals surface area contributed by atoms with Gasteiger partial charge in [0.1, 0.15) is 11.6 Å². The van der Waals surface area contributed by atoms with Crippen molar-refractivity contribution in [1.29, 1.82) is 0 Å². The first-order chi connectivity index (χ1) is 11.0. The first-order valence-electron chi connectivity index (χ1n) is 7.46. The van der Waals surface area contributed by atoms with Gasteiger partial charge in [-0.3, -0.25) is 0 Å². The van der Waals surface area contributed by atoms with Crippen LogP contribution in [0, 0.1) is 5.82 Å². The van der Waals surface area contributed by atoms with Gasteiger partial charge in [0.2, 0.25) is 9.84 Å². The van der Waals surface area contributed by atoms with E-state index in [1.807, 2.05) is 4.90 Å². The van der Waals surface area contributed by atoms with Crippen LogP contribution in [0.2, 0.25) is 0 Å². The van der Waals surface area contributed by atoms with Crippen molar-refractivity contribution < 1.29 is 17.5 Å². The summed E-state index contributed by atoms with van der Waals surface area (Å²) in [5.74, 6) is -0.0546. The predicted molar refractivity (Wildman–Crippen MR) is 86.3 cm³/mol. The van der Waals surface area contributed by atoms with Gasteiger partial charge >= 0.3 is 0 Å². The van der Waals surface area contributed by atoms with E-state index in [2.05, 4.69) is 0 Å². The van der Waals surface area contributed by atoms with Crippen molar-refractivity contribution in [3.8, 4) is 5.75 Å². The van der Waals surface area contributed by atoms with Gasteiger partial charge in [-0.25, -0.2) is 12.8 Å². The SMILES string of the molecule is COc1cccc(S(=O)(=O)c2cccc(F)c2)c1N1CCCC1. The van der Waals surface area contributed by atoms with E-state index in [4.69, 9.17) is 4.74 Å². The van der Waals surface area contributed by atoms with Crippen LogP contribution in [-0.4, -0.2) is 28.6 Å². The molecule has 1 saturated heterocycles. The number of methoxy groups -OCH3 is 1. The van der Waals surface area contributed by atoms with Crippen LogP contribution < -0.4 is 9.64 Å². The first-order valence-corrected chi connectivity index (χ1v) is 8.95. The van der Waals surface area contributed by atoms with Gasteiger partial charge in [0.15, 0.2) is 0 Å². The molecule has 23 heavy (non-hydrogen) atoms. The molecule has 1 aliphatic rings. The minimum Gasteiger partial charge on any atom is -0.495 e. The van der Waals surface area contributed by atoms with E-state index in [0.29, 0.717) is 11.4 Å². The molecule has 4 nitrogen and oxygen atoms in total. The molecule has 0 saturated carbocycles. The number of anilines is 1. The number of hydrogen-bond acceptors (Lipinski definition) is 4. The maximum atomic E-state index is 13.5. The molecule has 0 spiro atoms. The summed E-state index contributed by atoms with van der Waals surface area (Å²) < 4.78 is 44.8. The molecule has 1 fully saturated rings. The molecule has 0 radical (unpaired) electrons. The van der Waals surface area contributed by atoms with Crippen LogP contribution in [0.3, 0.4) is 0 Å². The summed E-state index contributed by atoms with van der Waals surface area (Å²) in [6.07, 6.45) is 2.02. The highest BCUT2D eigenvalue weighted by Crippen LogP contribution is 2.39. The Balaban J connectivity index is 2.19. The summed E-state index contributed by atoms with van der Waals surface area (Å²) >= 11 is 0. The third-order valence-electron chi connectivity index (χ3n) is 4.00. The largest absolute Gasteiger partial charge is 0.495 e. The van der Waals surface area contributed by atoms with Crippen molar-refractivity contribution in [3.05, 3.63) is 48.3 Å². The fraction of sp³-hybridized carbons (Fsp3) is 0.294. The number of hydrogen-bond donors (Lipinski definition) is 0. The molecule has 2 aromatic carbocycles. The standard InChI is InChI=1S/C17H18FNO3S/c1-22-15-8-5-9-16(17(15)19-10-2-3-11-19)23(20,21)14-7-4-6-13(18)12-14/h4-9,12H,2-3,10-11H2,1H3. The Kier molecular flexibility index (Phi) is 4.26. The minimum absolute atomic E-state index is 0.0498. The van der Waals surface area contributed by atoms with Crippen molar-refractivity contribution in [2.24, 2.45) is 0 Å². The van der Waals surface area contributed by atoms with Gasteiger partial charge in [-0.1, -0.05) is 12.1 Å². The zero-order chi connectivity index (χ0) is 16.4. The van der Waals surface area contributed by atoms with Crippen LogP contribution in [0.25, 0.3) is 0 Å². The molecule has 0 bridgehead atoms. The van der Waals surface area contributed by atoms with Gasteiger partial charge in [-0.2, -0.15) is 0 Å². The molecule has 0 amide bonds. The third kappa shape index (κ3) is 2.91. The van der Waals surface area contributed by atoms with E-state index in [1.165, 1.54) is 25.3 Å². The normalized spacial score (nSPS) is 15.0. The summed E-state index contributed by atoms with van der Waals surface area (Å²) in [6, 6.07) is 10.0. The van der Waals surface area contributed by atoms with E-state index in [-0.39, 0.29) is 9.79 Å². The van der Waals surface area contributed by atoms with Crippen molar-refractivity contribution in [3.63, 3.8) is 0 Å². The molecule has 0 unspecified atom stereocenters. The minimum atomic E-state index is -3.82. The molecule has 1 aliphatic heterocycles. The van der Waals surface area contributed by atoms with Gasteiger partial charge in [-0.05, 0) is 43.2 Å². The molecule has 6 heteroatoms.